The van der Waals surface area contributed by atoms with Crippen LogP contribution in [0, 0.1) is 0 Å². The maximum Gasteiger partial charge on any atom is 0.336 e. The molecule has 2 aromatic rings. The second-order valence-electron chi connectivity index (χ2n) is 7.72. The number of hydrogen-bond acceptors (Lipinski definition) is 8. The predicted molar refractivity (Wildman–Crippen MR) is 136 cm³/mol. The largest absolute Gasteiger partial charge is 0.493 e. The van der Waals surface area contributed by atoms with Gasteiger partial charge in [-0.1, -0.05) is 23.7 Å². The van der Waals surface area contributed by atoms with E-state index in [4.69, 9.17) is 35.3 Å². The summed E-state index contributed by atoms with van der Waals surface area (Å²) in [4.78, 5) is 40.9. The van der Waals surface area contributed by atoms with Gasteiger partial charge in [0, 0.05) is 23.0 Å². The Labute approximate surface area is 220 Å². The molecule has 0 radical (unpaired) electrons. The molecule has 0 N–H and O–H groups in total. The molecule has 0 saturated heterocycles. The van der Waals surface area contributed by atoms with Gasteiger partial charge in [-0.25, -0.2) is 9.59 Å². The first kappa shape index (κ1) is 27.6. The molecular formula is C27H28ClNO8. The van der Waals surface area contributed by atoms with Gasteiger partial charge >= 0.3 is 11.9 Å². The van der Waals surface area contributed by atoms with Crippen molar-refractivity contribution < 1.29 is 38.1 Å². The Morgan fingerprint density at radius 1 is 0.811 bits per heavy atom. The number of carbonyl (C=O) groups is 3. The Balaban J connectivity index is 2.18. The number of esters is 2. The number of halogens is 1. The number of carbonyl (C=O) groups excluding carboxylic acids is 3. The molecule has 0 aromatic heterocycles. The van der Waals surface area contributed by atoms with E-state index in [9.17, 15) is 14.4 Å². The van der Waals surface area contributed by atoms with Crippen LogP contribution in [0.4, 0.5) is 0 Å². The highest BCUT2D eigenvalue weighted by molar-refractivity contribution is 6.30. The summed E-state index contributed by atoms with van der Waals surface area (Å²) in [5.41, 5.74) is 0.923. The highest BCUT2D eigenvalue weighted by Crippen LogP contribution is 2.40. The second kappa shape index (κ2) is 12.3. The van der Waals surface area contributed by atoms with Crippen LogP contribution in [0.3, 0.4) is 0 Å². The fourth-order valence-corrected chi connectivity index (χ4v) is 4.03. The van der Waals surface area contributed by atoms with Crippen LogP contribution >= 0.6 is 11.6 Å². The number of ether oxygens (including phenoxy) is 5. The van der Waals surface area contributed by atoms with Crippen LogP contribution in [-0.2, 0) is 19.1 Å². The van der Waals surface area contributed by atoms with Crippen LogP contribution in [0.15, 0.2) is 59.9 Å². The average Bonchev–Trinajstić information content (AvgIpc) is 2.91. The minimum Gasteiger partial charge on any atom is -0.493 e. The number of amides is 1. The standard InChI is InChI=1S/C27H28ClNO8/c1-6-36-26(31)19-14-29(25(30)17-12-21(33-3)24(35-5)22(13-17)34-4)15-20(27(32)37-7-2)23(19)16-8-10-18(28)11-9-16/h8-15,23H,6-7H2,1-5H3. The van der Waals surface area contributed by atoms with E-state index in [1.54, 1.807) is 38.1 Å². The Morgan fingerprint density at radius 3 is 1.70 bits per heavy atom. The van der Waals surface area contributed by atoms with Crippen LogP contribution in [0.2, 0.25) is 5.02 Å². The lowest BCUT2D eigenvalue weighted by Gasteiger charge is -2.29. The van der Waals surface area contributed by atoms with Crippen LogP contribution in [0.1, 0.15) is 35.7 Å². The number of hydrogen-bond donors (Lipinski definition) is 0. The fourth-order valence-electron chi connectivity index (χ4n) is 3.91. The summed E-state index contributed by atoms with van der Waals surface area (Å²) in [6.45, 7) is 3.53. The third-order valence-corrected chi connectivity index (χ3v) is 5.80. The van der Waals surface area contributed by atoms with Gasteiger partial charge < -0.3 is 23.7 Å². The zero-order valence-corrected chi connectivity index (χ0v) is 22.0. The highest BCUT2D eigenvalue weighted by Gasteiger charge is 2.37. The van der Waals surface area contributed by atoms with Crippen LogP contribution in [0.5, 0.6) is 17.2 Å². The maximum atomic E-state index is 13.6. The zero-order chi connectivity index (χ0) is 27.1. The van der Waals surface area contributed by atoms with Crippen molar-refractivity contribution in [3.8, 4) is 17.2 Å². The maximum absolute atomic E-state index is 13.6. The SMILES string of the molecule is CCOC(=O)C1=CN(C(=O)c2cc(OC)c(OC)c(OC)c2)C=C(C(=O)OCC)C1c1ccc(Cl)cc1. The molecule has 1 heterocycles. The Bertz CT molecular complexity index is 1170. The predicted octanol–water partition coefficient (Wildman–Crippen LogP) is 4.50. The normalized spacial score (nSPS) is 13.3. The second-order valence-corrected chi connectivity index (χ2v) is 8.16. The molecule has 37 heavy (non-hydrogen) atoms. The number of nitrogens with zero attached hydrogens (tertiary/aromatic N) is 1. The summed E-state index contributed by atoms with van der Waals surface area (Å²) in [6.07, 6.45) is 2.71. The average molecular weight is 530 g/mol. The molecule has 0 atom stereocenters. The number of rotatable bonds is 9. The summed E-state index contributed by atoms with van der Waals surface area (Å²) >= 11 is 6.06. The van der Waals surface area contributed by atoms with E-state index >= 15 is 0 Å². The fraction of sp³-hybridized carbons (Fsp3) is 0.296. The van der Waals surface area contributed by atoms with Gasteiger partial charge in [0.2, 0.25) is 5.75 Å². The van der Waals surface area contributed by atoms with E-state index < -0.39 is 23.8 Å². The molecular weight excluding hydrogens is 502 g/mol. The summed E-state index contributed by atoms with van der Waals surface area (Å²) in [7, 11) is 4.31. The molecule has 196 valence electrons. The molecule has 2 aromatic carbocycles. The van der Waals surface area contributed by atoms with Gasteiger partial charge in [0.1, 0.15) is 0 Å². The van der Waals surface area contributed by atoms with Gasteiger partial charge in [-0.05, 0) is 43.7 Å². The molecule has 3 rings (SSSR count). The summed E-state index contributed by atoms with van der Waals surface area (Å²) in [5.74, 6) is -1.92. The van der Waals surface area contributed by atoms with Gasteiger partial charge in [-0.15, -0.1) is 0 Å². The molecule has 1 amide bonds. The summed E-state index contributed by atoms with van der Waals surface area (Å²) in [6, 6.07) is 9.65. The van der Waals surface area contributed by atoms with Gasteiger partial charge in [0.05, 0.1) is 51.6 Å². The molecule has 0 aliphatic carbocycles. The van der Waals surface area contributed by atoms with E-state index in [0.29, 0.717) is 16.3 Å². The molecule has 10 heteroatoms. The minimum absolute atomic E-state index is 0.0792. The van der Waals surface area contributed by atoms with Gasteiger partial charge in [0.15, 0.2) is 11.5 Å². The van der Waals surface area contributed by atoms with Crippen molar-refractivity contribution in [2.75, 3.05) is 34.5 Å². The third-order valence-electron chi connectivity index (χ3n) is 5.55. The van der Waals surface area contributed by atoms with Crippen LogP contribution < -0.4 is 14.2 Å². The molecule has 0 spiro atoms. The minimum atomic E-state index is -0.848. The van der Waals surface area contributed by atoms with Gasteiger partial charge in [0.25, 0.3) is 5.91 Å². The van der Waals surface area contributed by atoms with Crippen molar-refractivity contribution in [3.05, 3.63) is 76.1 Å². The quantitative estimate of drug-likeness (QED) is 0.438. The molecule has 0 bridgehead atoms. The summed E-state index contributed by atoms with van der Waals surface area (Å²) in [5, 5.41) is 0.488. The van der Waals surface area contributed by atoms with E-state index in [2.05, 4.69) is 0 Å². The summed E-state index contributed by atoms with van der Waals surface area (Å²) < 4.78 is 26.6. The van der Waals surface area contributed by atoms with E-state index in [1.807, 2.05) is 0 Å². The lowest BCUT2D eigenvalue weighted by molar-refractivity contribution is -0.139. The third kappa shape index (κ3) is 5.89. The smallest absolute Gasteiger partial charge is 0.336 e. The topological polar surface area (TPSA) is 101 Å². The number of methoxy groups -OCH3 is 3. The highest BCUT2D eigenvalue weighted by atomic mass is 35.5. The van der Waals surface area contributed by atoms with Gasteiger partial charge in [-0.3, -0.25) is 9.69 Å². The van der Waals surface area contributed by atoms with Crippen molar-refractivity contribution in [1.29, 1.82) is 0 Å². The molecule has 9 nitrogen and oxygen atoms in total. The van der Waals surface area contributed by atoms with Crippen molar-refractivity contribution in [2.45, 2.75) is 19.8 Å². The lowest BCUT2D eigenvalue weighted by atomic mass is 9.83. The monoisotopic (exact) mass is 529 g/mol. The first-order valence-corrected chi connectivity index (χ1v) is 11.8. The Morgan fingerprint density at radius 2 is 1.30 bits per heavy atom. The molecule has 0 saturated carbocycles. The van der Waals surface area contributed by atoms with Crippen molar-refractivity contribution >= 4 is 29.4 Å². The van der Waals surface area contributed by atoms with Crippen molar-refractivity contribution in [3.63, 3.8) is 0 Å². The van der Waals surface area contributed by atoms with E-state index in [1.165, 1.54) is 45.9 Å². The van der Waals surface area contributed by atoms with Gasteiger partial charge in [-0.2, -0.15) is 0 Å². The molecule has 0 fully saturated rings. The van der Waals surface area contributed by atoms with Crippen molar-refractivity contribution in [1.82, 2.24) is 4.90 Å². The number of benzene rings is 2. The van der Waals surface area contributed by atoms with E-state index in [0.717, 1.165) is 4.90 Å². The van der Waals surface area contributed by atoms with Crippen molar-refractivity contribution in [2.24, 2.45) is 0 Å². The Kier molecular flexibility index (Phi) is 9.19. The lowest BCUT2D eigenvalue weighted by Crippen LogP contribution is -2.32. The first-order chi connectivity index (χ1) is 17.8. The molecule has 1 aliphatic heterocycles. The Hall–Kier alpha value is -3.98. The molecule has 1 aliphatic rings. The van der Waals surface area contributed by atoms with Crippen LogP contribution in [0.25, 0.3) is 0 Å². The van der Waals surface area contributed by atoms with Crippen LogP contribution in [-0.4, -0.2) is 57.3 Å². The van der Waals surface area contributed by atoms with E-state index in [-0.39, 0.29) is 41.4 Å². The first-order valence-electron chi connectivity index (χ1n) is 11.4. The molecule has 0 unspecified atom stereocenters. The zero-order valence-electron chi connectivity index (χ0n) is 21.2.